The van der Waals surface area contributed by atoms with Crippen molar-refractivity contribution in [2.24, 2.45) is 11.7 Å². The molecule has 12 heavy (non-hydrogen) atoms. The van der Waals surface area contributed by atoms with E-state index in [4.69, 9.17) is 10.2 Å². The standard InChI is InChI=1S/C7H13N3O2/c1-4(2)3-5(8)6-9-10-7(11)12-6/h4-5H,3,8H2,1-2H3,(H,10,11). The molecular weight excluding hydrogens is 158 g/mol. The quantitative estimate of drug-likeness (QED) is 0.689. The smallest absolute Gasteiger partial charge is 0.391 e. The average molecular weight is 171 g/mol. The molecule has 0 aromatic carbocycles. The highest BCUT2D eigenvalue weighted by atomic mass is 16.4. The van der Waals surface area contributed by atoms with Crippen molar-refractivity contribution in [1.29, 1.82) is 0 Å². The second-order valence-corrected chi connectivity index (χ2v) is 3.19. The summed E-state index contributed by atoms with van der Waals surface area (Å²) in [6.07, 6.45) is 0.758. The Kier molecular flexibility index (Phi) is 2.65. The average Bonchev–Trinajstić information content (AvgIpc) is 2.34. The molecule has 0 aliphatic carbocycles. The van der Waals surface area contributed by atoms with Crippen LogP contribution in [0.3, 0.4) is 0 Å². The SMILES string of the molecule is CC(C)CC(N)c1n[nH]c(=O)o1. The summed E-state index contributed by atoms with van der Waals surface area (Å²) in [7, 11) is 0. The van der Waals surface area contributed by atoms with Gasteiger partial charge in [-0.15, -0.1) is 5.10 Å². The molecule has 5 nitrogen and oxygen atoms in total. The van der Waals surface area contributed by atoms with Crippen molar-refractivity contribution in [3.05, 3.63) is 16.4 Å². The molecule has 0 saturated heterocycles. The largest absolute Gasteiger partial charge is 0.434 e. The molecule has 0 spiro atoms. The molecule has 1 aromatic rings. The van der Waals surface area contributed by atoms with Gasteiger partial charge in [-0.25, -0.2) is 9.89 Å². The number of hydrogen-bond donors (Lipinski definition) is 2. The number of aromatic nitrogens is 2. The lowest BCUT2D eigenvalue weighted by atomic mass is 10.1. The van der Waals surface area contributed by atoms with Crippen LogP contribution in [0.25, 0.3) is 0 Å². The van der Waals surface area contributed by atoms with Crippen molar-refractivity contribution in [3.8, 4) is 0 Å². The Balaban J connectivity index is 2.65. The lowest BCUT2D eigenvalue weighted by Gasteiger charge is -2.08. The third-order valence-corrected chi connectivity index (χ3v) is 1.50. The lowest BCUT2D eigenvalue weighted by Crippen LogP contribution is -2.13. The Hall–Kier alpha value is -1.10. The molecule has 1 unspecified atom stereocenters. The van der Waals surface area contributed by atoms with Gasteiger partial charge in [0.15, 0.2) is 0 Å². The first-order valence-electron chi connectivity index (χ1n) is 3.90. The molecule has 0 aliphatic rings. The summed E-state index contributed by atoms with van der Waals surface area (Å²) >= 11 is 0. The highest BCUT2D eigenvalue weighted by Crippen LogP contribution is 2.14. The third kappa shape index (κ3) is 2.20. The molecule has 1 atom stereocenters. The van der Waals surface area contributed by atoms with Crippen LogP contribution in [-0.2, 0) is 0 Å². The Labute approximate surface area is 70.0 Å². The van der Waals surface area contributed by atoms with E-state index in [0.29, 0.717) is 5.92 Å². The van der Waals surface area contributed by atoms with Crippen molar-refractivity contribution in [2.45, 2.75) is 26.3 Å². The van der Waals surface area contributed by atoms with Crippen molar-refractivity contribution in [3.63, 3.8) is 0 Å². The second kappa shape index (κ2) is 3.53. The number of nitrogens with two attached hydrogens (primary N) is 1. The summed E-state index contributed by atoms with van der Waals surface area (Å²) in [5.41, 5.74) is 5.69. The maximum atomic E-state index is 10.5. The van der Waals surface area contributed by atoms with E-state index in [1.807, 2.05) is 13.8 Å². The van der Waals surface area contributed by atoms with Crippen LogP contribution < -0.4 is 11.5 Å². The Bertz CT molecular complexity index is 289. The minimum Gasteiger partial charge on any atom is -0.391 e. The van der Waals surface area contributed by atoms with E-state index in [0.717, 1.165) is 6.42 Å². The van der Waals surface area contributed by atoms with E-state index in [9.17, 15) is 4.79 Å². The van der Waals surface area contributed by atoms with Gasteiger partial charge in [0.05, 0.1) is 6.04 Å². The number of H-pyrrole nitrogens is 1. The van der Waals surface area contributed by atoms with Gasteiger partial charge in [-0.3, -0.25) is 0 Å². The molecular formula is C7H13N3O2. The molecule has 1 rings (SSSR count). The molecule has 1 aromatic heterocycles. The number of nitrogens with zero attached hydrogens (tertiary/aromatic N) is 1. The summed E-state index contributed by atoms with van der Waals surface area (Å²) in [6.45, 7) is 4.09. The van der Waals surface area contributed by atoms with E-state index in [1.165, 1.54) is 0 Å². The van der Waals surface area contributed by atoms with Crippen LogP contribution in [0.5, 0.6) is 0 Å². The Morgan fingerprint density at radius 3 is 2.75 bits per heavy atom. The summed E-state index contributed by atoms with van der Waals surface area (Å²) in [5, 5.41) is 5.81. The summed E-state index contributed by atoms with van der Waals surface area (Å²) in [6, 6.07) is -0.288. The minimum absolute atomic E-state index is 0.286. The predicted octanol–water partition coefficient (Wildman–Crippen LogP) is 0.409. The van der Waals surface area contributed by atoms with E-state index in [-0.39, 0.29) is 11.9 Å². The van der Waals surface area contributed by atoms with E-state index in [1.54, 1.807) is 0 Å². The van der Waals surface area contributed by atoms with Gasteiger partial charge in [0.1, 0.15) is 0 Å². The molecule has 68 valence electrons. The molecule has 5 heteroatoms. The normalized spacial score (nSPS) is 13.7. The Morgan fingerprint density at radius 1 is 1.67 bits per heavy atom. The van der Waals surface area contributed by atoms with Gasteiger partial charge in [0.2, 0.25) is 5.89 Å². The number of hydrogen-bond acceptors (Lipinski definition) is 4. The highest BCUT2D eigenvalue weighted by Gasteiger charge is 2.13. The van der Waals surface area contributed by atoms with Gasteiger partial charge in [-0.2, -0.15) is 0 Å². The Morgan fingerprint density at radius 2 is 2.33 bits per heavy atom. The van der Waals surface area contributed by atoms with Gasteiger partial charge < -0.3 is 10.2 Å². The minimum atomic E-state index is -0.552. The fourth-order valence-corrected chi connectivity index (χ4v) is 1.01. The molecule has 1 heterocycles. The lowest BCUT2D eigenvalue weighted by molar-refractivity contribution is 0.388. The summed E-state index contributed by atoms with van der Waals surface area (Å²) in [4.78, 5) is 10.5. The predicted molar refractivity (Wildman–Crippen MR) is 43.5 cm³/mol. The molecule has 0 aliphatic heterocycles. The fourth-order valence-electron chi connectivity index (χ4n) is 1.01. The van der Waals surface area contributed by atoms with Crippen LogP contribution in [0.1, 0.15) is 32.2 Å². The molecule has 0 radical (unpaired) electrons. The number of nitrogens with one attached hydrogen (secondary N) is 1. The third-order valence-electron chi connectivity index (χ3n) is 1.50. The fraction of sp³-hybridized carbons (Fsp3) is 0.714. The first-order valence-corrected chi connectivity index (χ1v) is 3.90. The highest BCUT2D eigenvalue weighted by molar-refractivity contribution is 4.84. The van der Waals surface area contributed by atoms with Crippen LogP contribution in [0, 0.1) is 5.92 Å². The zero-order chi connectivity index (χ0) is 9.14. The van der Waals surface area contributed by atoms with Crippen LogP contribution in [-0.4, -0.2) is 10.2 Å². The molecule has 3 N–H and O–H groups in total. The monoisotopic (exact) mass is 171 g/mol. The van der Waals surface area contributed by atoms with Gasteiger partial charge >= 0.3 is 5.76 Å². The van der Waals surface area contributed by atoms with Gasteiger partial charge in [-0.1, -0.05) is 13.8 Å². The van der Waals surface area contributed by atoms with E-state index in [2.05, 4.69) is 10.2 Å². The van der Waals surface area contributed by atoms with Crippen molar-refractivity contribution in [1.82, 2.24) is 10.2 Å². The van der Waals surface area contributed by atoms with E-state index >= 15 is 0 Å². The van der Waals surface area contributed by atoms with Gasteiger partial charge in [-0.05, 0) is 12.3 Å². The molecule has 0 saturated carbocycles. The zero-order valence-electron chi connectivity index (χ0n) is 7.20. The zero-order valence-corrected chi connectivity index (χ0v) is 7.20. The summed E-state index contributed by atoms with van der Waals surface area (Å²) < 4.78 is 4.70. The molecule has 0 fully saturated rings. The maximum Gasteiger partial charge on any atom is 0.434 e. The topological polar surface area (TPSA) is 84.9 Å². The first kappa shape index (κ1) is 8.99. The summed E-state index contributed by atoms with van der Waals surface area (Å²) in [5.74, 6) is 0.194. The molecule has 0 bridgehead atoms. The van der Waals surface area contributed by atoms with Crippen molar-refractivity contribution >= 4 is 0 Å². The number of rotatable bonds is 3. The van der Waals surface area contributed by atoms with Crippen molar-refractivity contribution in [2.75, 3.05) is 0 Å². The first-order chi connectivity index (χ1) is 5.59. The van der Waals surface area contributed by atoms with Gasteiger partial charge in [0, 0.05) is 0 Å². The van der Waals surface area contributed by atoms with E-state index < -0.39 is 5.76 Å². The maximum absolute atomic E-state index is 10.5. The van der Waals surface area contributed by atoms with Crippen molar-refractivity contribution < 1.29 is 4.42 Å². The van der Waals surface area contributed by atoms with Crippen LogP contribution in [0.15, 0.2) is 9.21 Å². The van der Waals surface area contributed by atoms with Gasteiger partial charge in [0.25, 0.3) is 0 Å². The molecule has 0 amide bonds. The number of aromatic amines is 1. The second-order valence-electron chi connectivity index (χ2n) is 3.19. The van der Waals surface area contributed by atoms with Crippen LogP contribution >= 0.6 is 0 Å². The van der Waals surface area contributed by atoms with Crippen LogP contribution in [0.4, 0.5) is 0 Å². The van der Waals surface area contributed by atoms with Crippen LogP contribution in [0.2, 0.25) is 0 Å².